The van der Waals surface area contributed by atoms with Gasteiger partial charge >= 0.3 is 0 Å². The van der Waals surface area contributed by atoms with Gasteiger partial charge in [-0.15, -0.1) is 0 Å². The van der Waals surface area contributed by atoms with E-state index < -0.39 is 57.5 Å². The molecule has 0 aromatic heterocycles. The van der Waals surface area contributed by atoms with Crippen LogP contribution in [0.4, 0.5) is 0 Å². The highest BCUT2D eigenvalue weighted by Crippen LogP contribution is 2.13. The van der Waals surface area contributed by atoms with Crippen molar-refractivity contribution in [2.75, 3.05) is 6.26 Å². The Bertz CT molecular complexity index is 1570. The number of nitrogens with two attached hydrogens (primary N) is 1. The zero-order chi connectivity index (χ0) is 35.9. The maximum absolute atomic E-state index is 13.7. The molecule has 48 heavy (non-hydrogen) atoms. The summed E-state index contributed by atoms with van der Waals surface area (Å²) in [6.45, 7) is 7.80. The first-order valence-corrected chi connectivity index (χ1v) is 17.8. The van der Waals surface area contributed by atoms with Crippen LogP contribution in [0.2, 0.25) is 0 Å². The zero-order valence-corrected chi connectivity index (χ0v) is 28.9. The molecule has 3 amide bonds. The molecule has 4 atom stereocenters. The van der Waals surface area contributed by atoms with E-state index in [1.165, 1.54) is 0 Å². The van der Waals surface area contributed by atoms with Crippen LogP contribution in [-0.2, 0) is 48.4 Å². The molecule has 0 radical (unpaired) electrons. The Hall–Kier alpha value is -4.52. The van der Waals surface area contributed by atoms with E-state index in [1.54, 1.807) is 48.5 Å². The molecule has 0 aliphatic heterocycles. The van der Waals surface area contributed by atoms with Crippen LogP contribution < -0.4 is 21.7 Å². The lowest BCUT2D eigenvalue weighted by Crippen LogP contribution is -2.57. The molecule has 260 valence electrons. The summed E-state index contributed by atoms with van der Waals surface area (Å²) in [5.41, 5.74) is 17.1. The molecule has 5 N–H and O–H groups in total. The van der Waals surface area contributed by atoms with Crippen molar-refractivity contribution in [3.05, 3.63) is 93.2 Å². The highest BCUT2D eigenvalue weighted by molar-refractivity contribution is 7.93. The van der Waals surface area contributed by atoms with Crippen LogP contribution in [0, 0.1) is 11.8 Å². The number of hydrogen-bond donors (Lipinski definition) is 4. The summed E-state index contributed by atoms with van der Waals surface area (Å²) in [5.74, 6) is -2.62. The lowest BCUT2D eigenvalue weighted by Gasteiger charge is -2.27. The maximum Gasteiger partial charge on any atom is 0.243 e. The quantitative estimate of drug-likeness (QED) is 0.0751. The van der Waals surface area contributed by atoms with Crippen LogP contribution in [0.3, 0.4) is 0 Å². The van der Waals surface area contributed by atoms with Crippen molar-refractivity contribution >= 4 is 33.3 Å². The highest BCUT2D eigenvalue weighted by Gasteiger charge is 2.31. The van der Waals surface area contributed by atoms with Crippen molar-refractivity contribution in [1.82, 2.24) is 16.0 Å². The number of amides is 3. The number of nitrogens with one attached hydrogen (secondary N) is 3. The number of carbonyl (C=O) groups is 4. The molecular weight excluding hydrogens is 634 g/mol. The van der Waals surface area contributed by atoms with Crippen LogP contribution in [0.15, 0.2) is 71.2 Å². The second-order valence-corrected chi connectivity index (χ2v) is 14.5. The highest BCUT2D eigenvalue weighted by atomic mass is 32.2. The second-order valence-electron chi connectivity index (χ2n) is 12.6. The van der Waals surface area contributed by atoms with Gasteiger partial charge < -0.3 is 21.7 Å². The molecule has 0 fully saturated rings. The van der Waals surface area contributed by atoms with Crippen molar-refractivity contribution in [1.29, 1.82) is 0 Å². The number of azide groups is 1. The minimum Gasteiger partial charge on any atom is -0.344 e. The van der Waals surface area contributed by atoms with E-state index in [1.807, 2.05) is 33.8 Å². The van der Waals surface area contributed by atoms with E-state index >= 15 is 0 Å². The molecule has 2 aromatic carbocycles. The van der Waals surface area contributed by atoms with Gasteiger partial charge in [0.05, 0.1) is 6.04 Å². The molecule has 2 aromatic rings. The van der Waals surface area contributed by atoms with Gasteiger partial charge in [0.15, 0.2) is 15.6 Å². The molecule has 0 saturated heterocycles. The van der Waals surface area contributed by atoms with Crippen molar-refractivity contribution in [2.45, 2.75) is 84.1 Å². The Kier molecular flexibility index (Phi) is 16.0. The topological polar surface area (TPSA) is 213 Å². The monoisotopic (exact) mass is 681 g/mol. The number of benzene rings is 2. The first-order valence-electron chi connectivity index (χ1n) is 15.8. The fourth-order valence-electron chi connectivity index (χ4n) is 4.88. The van der Waals surface area contributed by atoms with Crippen molar-refractivity contribution in [3.8, 4) is 0 Å². The predicted molar refractivity (Wildman–Crippen MR) is 185 cm³/mol. The maximum atomic E-state index is 13.7. The summed E-state index contributed by atoms with van der Waals surface area (Å²) in [7, 11) is -3.61. The van der Waals surface area contributed by atoms with E-state index in [0.717, 1.165) is 28.9 Å². The van der Waals surface area contributed by atoms with Crippen LogP contribution >= 0.6 is 0 Å². The third kappa shape index (κ3) is 14.5. The molecule has 0 spiro atoms. The SMILES string of the molecule is CC(C)C[C@H](NC(=O)[C@H](CC(C)C)NC(=O)[C@@H](Cc1ccccc1)N=[N+]=[N-])C(=O)N[C@@H](Cc1ccc(CN)cc1)C(=O)/C=C/S(C)(=O)=O. The number of carbonyl (C=O) groups excluding carboxylic acids is 4. The third-order valence-electron chi connectivity index (χ3n) is 7.28. The molecular formula is C34H47N7O6S. The fourth-order valence-corrected chi connectivity index (χ4v) is 5.26. The Morgan fingerprint density at radius 1 is 0.771 bits per heavy atom. The molecule has 14 heteroatoms. The summed E-state index contributed by atoms with van der Waals surface area (Å²) in [6.07, 6.45) is 2.49. The average Bonchev–Trinajstić information content (AvgIpc) is 3.02. The summed E-state index contributed by atoms with van der Waals surface area (Å²) in [4.78, 5) is 56.6. The Balaban J connectivity index is 2.32. The van der Waals surface area contributed by atoms with E-state index in [2.05, 4.69) is 26.0 Å². The lowest BCUT2D eigenvalue weighted by atomic mass is 9.98. The van der Waals surface area contributed by atoms with Gasteiger partial charge in [0.25, 0.3) is 0 Å². The third-order valence-corrected chi connectivity index (χ3v) is 7.91. The minimum atomic E-state index is -3.61. The van der Waals surface area contributed by atoms with E-state index in [-0.39, 0.29) is 37.5 Å². The smallest absolute Gasteiger partial charge is 0.243 e. The number of nitrogens with zero attached hydrogens (tertiary/aromatic N) is 3. The van der Waals surface area contributed by atoms with Gasteiger partial charge in [0.2, 0.25) is 17.7 Å². The molecule has 13 nitrogen and oxygen atoms in total. The standard InChI is InChI=1S/C34H47N7O6S/c1-22(2)17-28(32(43)37-27(31(42)15-16-48(5,46)47)19-25-11-13-26(21-35)14-12-25)38-33(44)29(18-23(3)4)39-34(45)30(40-41-36)20-24-9-7-6-8-10-24/h6-16,22-23,27-30H,17-21,35H2,1-5H3,(H,37,43)(H,38,44)(H,39,45)/b16-15+/t27-,28-,29-,30+/m0/s1. The summed E-state index contributed by atoms with van der Waals surface area (Å²) in [5, 5.41) is 12.6. The Morgan fingerprint density at radius 2 is 1.25 bits per heavy atom. The predicted octanol–water partition coefficient (Wildman–Crippen LogP) is 3.28. The second kappa shape index (κ2) is 19.3. The van der Waals surface area contributed by atoms with Crippen molar-refractivity contribution in [2.24, 2.45) is 22.7 Å². The number of hydrogen-bond acceptors (Lipinski definition) is 8. The van der Waals surface area contributed by atoms with Crippen LogP contribution in [0.1, 0.15) is 57.2 Å². The summed E-state index contributed by atoms with van der Waals surface area (Å²) >= 11 is 0. The van der Waals surface area contributed by atoms with Crippen LogP contribution in [0.25, 0.3) is 10.4 Å². The molecule has 0 heterocycles. The molecule has 0 unspecified atom stereocenters. The Morgan fingerprint density at radius 3 is 1.73 bits per heavy atom. The lowest BCUT2D eigenvalue weighted by molar-refractivity contribution is -0.133. The number of rotatable bonds is 19. The molecule has 0 aliphatic carbocycles. The summed E-state index contributed by atoms with van der Waals surface area (Å²) in [6, 6.07) is 11.7. The first kappa shape index (κ1) is 39.7. The van der Waals surface area contributed by atoms with Crippen molar-refractivity contribution < 1.29 is 27.6 Å². The zero-order valence-electron chi connectivity index (χ0n) is 28.1. The largest absolute Gasteiger partial charge is 0.344 e. The number of ketones is 1. The molecule has 0 saturated carbocycles. The Labute approximate surface area is 282 Å². The van der Waals surface area contributed by atoms with Gasteiger partial charge in [-0.05, 0) is 59.4 Å². The van der Waals surface area contributed by atoms with Gasteiger partial charge in [-0.3, -0.25) is 19.2 Å². The number of sulfone groups is 1. The molecule has 0 bridgehead atoms. The van der Waals surface area contributed by atoms with E-state index in [4.69, 9.17) is 11.3 Å². The summed E-state index contributed by atoms with van der Waals surface area (Å²) < 4.78 is 23.4. The van der Waals surface area contributed by atoms with E-state index in [0.29, 0.717) is 12.1 Å². The van der Waals surface area contributed by atoms with Gasteiger partial charge in [0.1, 0.15) is 18.1 Å². The van der Waals surface area contributed by atoms with Gasteiger partial charge in [0, 0.05) is 29.5 Å². The normalized spacial score (nSPS) is 14.1. The van der Waals surface area contributed by atoms with Crippen molar-refractivity contribution in [3.63, 3.8) is 0 Å². The minimum absolute atomic E-state index is 0.0280. The first-order chi connectivity index (χ1) is 22.6. The van der Waals surface area contributed by atoms with Crippen LogP contribution in [-0.4, -0.2) is 62.3 Å². The molecule has 0 aliphatic rings. The van der Waals surface area contributed by atoms with Crippen LogP contribution in [0.5, 0.6) is 0 Å². The van der Waals surface area contributed by atoms with Gasteiger partial charge in [-0.1, -0.05) is 87.4 Å². The fraction of sp³-hybridized carbons (Fsp3) is 0.471. The van der Waals surface area contributed by atoms with Gasteiger partial charge in [-0.25, -0.2) is 8.42 Å². The van der Waals surface area contributed by atoms with E-state index in [9.17, 15) is 27.6 Å². The molecule has 2 rings (SSSR count). The average molecular weight is 682 g/mol. The van der Waals surface area contributed by atoms with Gasteiger partial charge in [-0.2, -0.15) is 0 Å².